The Morgan fingerprint density at radius 2 is 1.98 bits per heavy atom. The topological polar surface area (TPSA) is 152 Å². The van der Waals surface area contributed by atoms with Crippen molar-refractivity contribution in [3.8, 4) is 17.0 Å². The number of fused-ring (bicyclic) bond motifs is 2. The van der Waals surface area contributed by atoms with E-state index in [1.807, 2.05) is 11.8 Å². The number of aliphatic hydroxyl groups excluding tert-OH is 1. The molecule has 0 saturated carbocycles. The van der Waals surface area contributed by atoms with Crippen LogP contribution in [0.1, 0.15) is 25.5 Å². The molecular weight excluding hydrogens is 520 g/mol. The molecule has 11 nitrogen and oxygen atoms in total. The summed E-state index contributed by atoms with van der Waals surface area (Å²) >= 11 is 0. The Kier molecular flexibility index (Phi) is 6.29. The molecular formula is C27H27F2N9O2. The number of benzene rings is 2. The summed E-state index contributed by atoms with van der Waals surface area (Å²) in [4.78, 5) is 11.4. The molecule has 0 bridgehead atoms. The minimum Gasteiger partial charge on any atom is -0.494 e. The Labute approximate surface area is 227 Å². The summed E-state index contributed by atoms with van der Waals surface area (Å²) in [5, 5.41) is 36.3. The van der Waals surface area contributed by atoms with Crippen molar-refractivity contribution in [2.75, 3.05) is 30.4 Å². The van der Waals surface area contributed by atoms with Gasteiger partial charge in [0.2, 0.25) is 0 Å². The summed E-state index contributed by atoms with van der Waals surface area (Å²) in [6.45, 7) is 2.77. The fourth-order valence-corrected chi connectivity index (χ4v) is 5.07. The number of halogens is 2. The van der Waals surface area contributed by atoms with Crippen LogP contribution in [0.3, 0.4) is 0 Å². The second-order valence-electron chi connectivity index (χ2n) is 10.1. The van der Waals surface area contributed by atoms with Crippen LogP contribution in [-0.4, -0.2) is 61.5 Å². The van der Waals surface area contributed by atoms with E-state index in [0.717, 1.165) is 0 Å². The molecule has 0 unspecified atom stereocenters. The highest BCUT2D eigenvalue weighted by atomic mass is 19.1. The zero-order valence-electron chi connectivity index (χ0n) is 21.8. The molecule has 0 amide bonds. The van der Waals surface area contributed by atoms with Crippen LogP contribution in [0.5, 0.6) is 5.75 Å². The summed E-state index contributed by atoms with van der Waals surface area (Å²) in [5.74, 6) is -0.0240. The van der Waals surface area contributed by atoms with Crippen molar-refractivity contribution < 1.29 is 18.6 Å². The molecule has 0 aliphatic carbocycles. The molecule has 13 heteroatoms. The Morgan fingerprint density at radius 3 is 2.73 bits per heavy atom. The smallest absolute Gasteiger partial charge is 0.177 e. The Morgan fingerprint density at radius 1 is 1.18 bits per heavy atom. The van der Waals surface area contributed by atoms with Crippen LogP contribution in [0, 0.1) is 22.5 Å². The highest BCUT2D eigenvalue weighted by Gasteiger charge is 2.36. The van der Waals surface area contributed by atoms with Gasteiger partial charge in [-0.15, -0.1) is 0 Å². The lowest BCUT2D eigenvalue weighted by atomic mass is 9.79. The number of piperidine rings is 1. The van der Waals surface area contributed by atoms with Crippen LogP contribution in [0.2, 0.25) is 0 Å². The van der Waals surface area contributed by atoms with Crippen LogP contribution in [0.15, 0.2) is 36.5 Å². The minimum absolute atomic E-state index is 0.106. The van der Waals surface area contributed by atoms with Crippen molar-refractivity contribution in [3.05, 3.63) is 53.9 Å². The van der Waals surface area contributed by atoms with Crippen LogP contribution in [-0.2, 0) is 6.61 Å². The van der Waals surface area contributed by atoms with Gasteiger partial charge < -0.3 is 20.1 Å². The SMILES string of the molecule is COc1cc(NC(=N)C2(C)CCN(c3nc4[nH]nc(-c5ccc6cn[nH]c6c5F)c4nc3CO)CC2)ccc1F. The van der Waals surface area contributed by atoms with Crippen LogP contribution < -0.4 is 15.0 Å². The molecule has 206 valence electrons. The second-order valence-corrected chi connectivity index (χ2v) is 10.1. The lowest BCUT2D eigenvalue weighted by Gasteiger charge is -2.40. The van der Waals surface area contributed by atoms with Crippen molar-refractivity contribution in [1.82, 2.24) is 30.4 Å². The molecule has 1 aliphatic heterocycles. The number of amidine groups is 1. The average molecular weight is 548 g/mol. The van der Waals surface area contributed by atoms with Crippen molar-refractivity contribution >= 4 is 39.4 Å². The van der Waals surface area contributed by atoms with Crippen molar-refractivity contribution in [2.24, 2.45) is 5.41 Å². The van der Waals surface area contributed by atoms with E-state index >= 15 is 4.39 Å². The molecule has 4 heterocycles. The maximum Gasteiger partial charge on any atom is 0.177 e. The van der Waals surface area contributed by atoms with Crippen molar-refractivity contribution in [1.29, 1.82) is 5.41 Å². The number of aliphatic hydroxyl groups is 1. The third-order valence-electron chi connectivity index (χ3n) is 7.59. The Hall–Kier alpha value is -4.65. The first-order chi connectivity index (χ1) is 19.3. The Balaban J connectivity index is 1.23. The molecule has 1 aliphatic rings. The van der Waals surface area contributed by atoms with E-state index in [1.165, 1.54) is 19.2 Å². The molecule has 6 rings (SSSR count). The zero-order chi connectivity index (χ0) is 28.0. The summed E-state index contributed by atoms with van der Waals surface area (Å²) in [7, 11) is 1.40. The van der Waals surface area contributed by atoms with Gasteiger partial charge >= 0.3 is 0 Å². The first-order valence-electron chi connectivity index (χ1n) is 12.7. The molecule has 2 aromatic carbocycles. The number of nitrogens with one attached hydrogen (secondary N) is 4. The van der Waals surface area contributed by atoms with E-state index in [9.17, 15) is 9.50 Å². The predicted molar refractivity (Wildman–Crippen MR) is 147 cm³/mol. The molecule has 40 heavy (non-hydrogen) atoms. The average Bonchev–Trinajstić information content (AvgIpc) is 3.61. The van der Waals surface area contributed by atoms with E-state index in [-0.39, 0.29) is 23.4 Å². The standard InChI is InChI=1S/C27H27F2N9O2/c1-27(26(30)32-15-4-6-17(28)19(11-15)40-2)7-9-38(10-8-27)25-18(13-39)33-23-22(36-37-24(23)34-25)16-5-3-14-12-31-35-21(14)20(16)29/h3-6,11-12,39H,7-10,13H2,1-2H3,(H2,30,32)(H,31,35)(H,34,36,37). The maximum absolute atomic E-state index is 15.2. The summed E-state index contributed by atoms with van der Waals surface area (Å²) in [5.41, 5.74) is 2.01. The minimum atomic E-state index is -0.495. The molecule has 1 fully saturated rings. The molecule has 0 atom stereocenters. The van der Waals surface area contributed by atoms with E-state index in [0.29, 0.717) is 71.2 Å². The highest BCUT2D eigenvalue weighted by molar-refractivity contribution is 5.97. The number of aromatic nitrogens is 6. The quantitative estimate of drug-likeness (QED) is 0.155. The molecule has 5 aromatic rings. The highest BCUT2D eigenvalue weighted by Crippen LogP contribution is 2.37. The van der Waals surface area contributed by atoms with Crippen LogP contribution >= 0.6 is 0 Å². The van der Waals surface area contributed by atoms with Crippen molar-refractivity contribution in [3.63, 3.8) is 0 Å². The molecule has 0 spiro atoms. The van der Waals surface area contributed by atoms with E-state index in [4.69, 9.17) is 15.1 Å². The second kappa shape index (κ2) is 9.83. The van der Waals surface area contributed by atoms with Gasteiger partial charge in [-0.1, -0.05) is 13.0 Å². The van der Waals surface area contributed by atoms with Gasteiger partial charge in [0, 0.05) is 41.2 Å². The number of aromatic amines is 2. The lowest BCUT2D eigenvalue weighted by Crippen LogP contribution is -2.45. The number of hydrogen-bond donors (Lipinski definition) is 5. The normalized spacial score (nSPS) is 15.1. The van der Waals surface area contributed by atoms with Gasteiger partial charge in [-0.05, 0) is 31.0 Å². The third kappa shape index (κ3) is 4.28. The lowest BCUT2D eigenvalue weighted by molar-refractivity contribution is 0.276. The van der Waals surface area contributed by atoms with Gasteiger partial charge in [0.05, 0.1) is 19.9 Å². The number of H-pyrrole nitrogens is 2. The first kappa shape index (κ1) is 25.6. The maximum atomic E-state index is 15.2. The van der Waals surface area contributed by atoms with Gasteiger partial charge in [-0.2, -0.15) is 10.2 Å². The molecule has 1 saturated heterocycles. The Bertz CT molecular complexity index is 1740. The number of methoxy groups -OCH3 is 1. The predicted octanol–water partition coefficient (Wildman–Crippen LogP) is 4.37. The monoisotopic (exact) mass is 547 g/mol. The van der Waals surface area contributed by atoms with Crippen LogP contribution in [0.4, 0.5) is 20.3 Å². The van der Waals surface area contributed by atoms with Crippen LogP contribution in [0.25, 0.3) is 33.3 Å². The van der Waals surface area contributed by atoms with Crippen molar-refractivity contribution in [2.45, 2.75) is 26.4 Å². The fraction of sp³-hybridized carbons (Fsp3) is 0.296. The van der Waals surface area contributed by atoms with Gasteiger partial charge in [0.15, 0.2) is 28.8 Å². The molecule has 3 aromatic heterocycles. The number of rotatable bonds is 6. The zero-order valence-corrected chi connectivity index (χ0v) is 21.8. The number of hydrogen-bond acceptors (Lipinski definition) is 8. The van der Waals surface area contributed by atoms with Gasteiger partial charge in [-0.3, -0.25) is 15.6 Å². The van der Waals surface area contributed by atoms with E-state index in [2.05, 4.69) is 30.7 Å². The molecule has 0 radical (unpaired) electrons. The van der Waals surface area contributed by atoms with E-state index in [1.54, 1.807) is 24.4 Å². The fourth-order valence-electron chi connectivity index (χ4n) is 5.07. The number of ether oxygens (including phenoxy) is 1. The first-order valence-corrected chi connectivity index (χ1v) is 12.7. The summed E-state index contributed by atoms with van der Waals surface area (Å²) < 4.78 is 34.0. The largest absolute Gasteiger partial charge is 0.494 e. The summed E-state index contributed by atoms with van der Waals surface area (Å²) in [6.07, 6.45) is 2.80. The molecule has 5 N–H and O–H groups in total. The van der Waals surface area contributed by atoms with E-state index < -0.39 is 17.0 Å². The third-order valence-corrected chi connectivity index (χ3v) is 7.59. The van der Waals surface area contributed by atoms with Gasteiger partial charge in [0.1, 0.15) is 28.3 Å². The number of nitrogens with zero attached hydrogens (tertiary/aromatic N) is 5. The van der Waals surface area contributed by atoms with Gasteiger partial charge in [0.25, 0.3) is 0 Å². The number of anilines is 2. The van der Waals surface area contributed by atoms with Gasteiger partial charge in [-0.25, -0.2) is 18.7 Å². The summed E-state index contributed by atoms with van der Waals surface area (Å²) in [6, 6.07) is 7.76.